The van der Waals surface area contributed by atoms with E-state index in [-0.39, 0.29) is 36.1 Å². The number of hydrogen-bond acceptors (Lipinski definition) is 2. The summed E-state index contributed by atoms with van der Waals surface area (Å²) < 4.78 is 28.8. The maximum absolute atomic E-state index is 13.7. The van der Waals surface area contributed by atoms with Crippen LogP contribution in [0, 0.1) is 11.6 Å². The Kier molecular flexibility index (Phi) is 8.37. The molecule has 0 atom stereocenters. The van der Waals surface area contributed by atoms with E-state index in [4.69, 9.17) is 0 Å². The van der Waals surface area contributed by atoms with Crippen LogP contribution >= 0.6 is 24.0 Å². The maximum Gasteiger partial charge on any atom is 0.191 e. The lowest BCUT2D eigenvalue weighted by Gasteiger charge is -2.13. The number of hydrogen-bond donors (Lipinski definition) is 2. The molecule has 1 heterocycles. The Morgan fingerprint density at radius 3 is 2.57 bits per heavy atom. The van der Waals surface area contributed by atoms with Crippen LogP contribution in [0.2, 0.25) is 0 Å². The standard InChI is InChI=1S/C20H21F2N5.HI/c1-23-20(25-13-17-11-18(21)6-7-19(17)22)24-12-15-4-2-5-16(10-15)14-27-9-3-8-26-27;/h2-11H,12-14H2,1H3,(H2,23,24,25);1H. The fourth-order valence-electron chi connectivity index (χ4n) is 2.68. The van der Waals surface area contributed by atoms with Crippen LogP contribution in [0.5, 0.6) is 0 Å². The van der Waals surface area contributed by atoms with Gasteiger partial charge in [-0.1, -0.05) is 24.3 Å². The predicted octanol–water partition coefficient (Wildman–Crippen LogP) is 3.69. The highest BCUT2D eigenvalue weighted by Crippen LogP contribution is 2.09. The highest BCUT2D eigenvalue weighted by molar-refractivity contribution is 14.0. The summed E-state index contributed by atoms with van der Waals surface area (Å²) in [6.07, 6.45) is 3.67. The fourth-order valence-corrected chi connectivity index (χ4v) is 2.68. The highest BCUT2D eigenvalue weighted by Gasteiger charge is 2.06. The molecule has 148 valence electrons. The van der Waals surface area contributed by atoms with Crippen molar-refractivity contribution >= 4 is 29.9 Å². The van der Waals surface area contributed by atoms with E-state index >= 15 is 0 Å². The van der Waals surface area contributed by atoms with Gasteiger partial charge in [-0.15, -0.1) is 24.0 Å². The van der Waals surface area contributed by atoms with Crippen LogP contribution in [0.1, 0.15) is 16.7 Å². The van der Waals surface area contributed by atoms with Crippen molar-refractivity contribution in [3.8, 4) is 0 Å². The number of nitrogens with zero attached hydrogens (tertiary/aromatic N) is 3. The Balaban J connectivity index is 0.00000280. The van der Waals surface area contributed by atoms with Gasteiger partial charge in [-0.25, -0.2) is 8.78 Å². The molecule has 0 fully saturated rings. The first-order valence-corrected chi connectivity index (χ1v) is 8.58. The molecule has 0 saturated heterocycles. The molecule has 0 unspecified atom stereocenters. The van der Waals surface area contributed by atoms with Gasteiger partial charge in [-0.05, 0) is 35.4 Å². The third-order valence-corrected chi connectivity index (χ3v) is 4.03. The van der Waals surface area contributed by atoms with Crippen molar-refractivity contribution in [2.75, 3.05) is 7.05 Å². The monoisotopic (exact) mass is 497 g/mol. The van der Waals surface area contributed by atoms with Crippen LogP contribution in [-0.2, 0) is 19.6 Å². The van der Waals surface area contributed by atoms with Crippen LogP contribution in [0.3, 0.4) is 0 Å². The first-order chi connectivity index (χ1) is 13.1. The Hall–Kier alpha value is -2.49. The van der Waals surface area contributed by atoms with Crippen molar-refractivity contribution in [2.45, 2.75) is 19.6 Å². The topological polar surface area (TPSA) is 54.2 Å². The number of nitrogens with one attached hydrogen (secondary N) is 2. The number of benzene rings is 2. The van der Waals surface area contributed by atoms with Crippen molar-refractivity contribution in [1.29, 1.82) is 0 Å². The van der Waals surface area contributed by atoms with E-state index in [1.54, 1.807) is 13.2 Å². The van der Waals surface area contributed by atoms with Gasteiger partial charge in [0.05, 0.1) is 6.54 Å². The fraction of sp³-hybridized carbons (Fsp3) is 0.200. The van der Waals surface area contributed by atoms with Gasteiger partial charge in [-0.2, -0.15) is 5.10 Å². The zero-order valence-corrected chi connectivity index (χ0v) is 17.7. The van der Waals surface area contributed by atoms with Crippen molar-refractivity contribution in [1.82, 2.24) is 20.4 Å². The van der Waals surface area contributed by atoms with Crippen LogP contribution in [0.25, 0.3) is 0 Å². The summed E-state index contributed by atoms with van der Waals surface area (Å²) >= 11 is 0. The average Bonchev–Trinajstić information content (AvgIpc) is 3.18. The van der Waals surface area contributed by atoms with Gasteiger partial charge in [0.25, 0.3) is 0 Å². The smallest absolute Gasteiger partial charge is 0.191 e. The van der Waals surface area contributed by atoms with Crippen LogP contribution < -0.4 is 10.6 Å². The minimum absolute atomic E-state index is 0. The molecule has 3 rings (SSSR count). The Bertz CT molecular complexity index is 913. The summed E-state index contributed by atoms with van der Waals surface area (Å²) in [5.41, 5.74) is 2.47. The molecule has 1 aromatic heterocycles. The summed E-state index contributed by atoms with van der Waals surface area (Å²) in [6.45, 7) is 1.40. The average molecular weight is 497 g/mol. The van der Waals surface area contributed by atoms with E-state index in [2.05, 4.69) is 26.8 Å². The van der Waals surface area contributed by atoms with E-state index in [9.17, 15) is 8.78 Å². The summed E-state index contributed by atoms with van der Waals surface area (Å²) in [5.74, 6) is -0.410. The molecule has 0 spiro atoms. The second-order valence-electron chi connectivity index (χ2n) is 6.04. The van der Waals surface area contributed by atoms with Gasteiger partial charge in [0.1, 0.15) is 11.6 Å². The second-order valence-corrected chi connectivity index (χ2v) is 6.04. The number of guanidine groups is 1. The first kappa shape index (κ1) is 21.8. The SMILES string of the molecule is CN=C(NCc1cccc(Cn2cccn2)c1)NCc1cc(F)ccc1F.I. The molecule has 0 radical (unpaired) electrons. The Morgan fingerprint density at radius 1 is 1.04 bits per heavy atom. The van der Waals surface area contributed by atoms with Crippen molar-refractivity contribution in [2.24, 2.45) is 4.99 Å². The van der Waals surface area contributed by atoms with Gasteiger partial charge >= 0.3 is 0 Å². The Labute approximate surface area is 179 Å². The molecule has 0 aliphatic carbocycles. The number of aliphatic imine (C=N–C) groups is 1. The second kappa shape index (κ2) is 10.7. The van der Waals surface area contributed by atoms with Crippen molar-refractivity contribution in [3.63, 3.8) is 0 Å². The molecule has 8 heteroatoms. The molecular formula is C20H22F2IN5. The van der Waals surface area contributed by atoms with E-state index in [1.165, 1.54) is 6.07 Å². The van der Waals surface area contributed by atoms with Crippen molar-refractivity contribution < 1.29 is 8.78 Å². The molecule has 3 aromatic rings. The van der Waals surface area contributed by atoms with E-state index in [0.29, 0.717) is 19.0 Å². The summed E-state index contributed by atoms with van der Waals surface area (Å²) in [7, 11) is 1.63. The van der Waals surface area contributed by atoms with Crippen LogP contribution in [-0.4, -0.2) is 22.8 Å². The zero-order chi connectivity index (χ0) is 19.1. The molecule has 0 saturated carbocycles. The molecular weight excluding hydrogens is 475 g/mol. The normalized spacial score (nSPS) is 11.0. The van der Waals surface area contributed by atoms with Crippen LogP contribution in [0.15, 0.2) is 65.9 Å². The largest absolute Gasteiger partial charge is 0.352 e. The minimum Gasteiger partial charge on any atom is -0.352 e. The third-order valence-electron chi connectivity index (χ3n) is 4.03. The number of rotatable bonds is 6. The van der Waals surface area contributed by atoms with Gasteiger partial charge in [0.15, 0.2) is 5.96 Å². The molecule has 28 heavy (non-hydrogen) atoms. The van der Waals surface area contributed by atoms with E-state index in [1.807, 2.05) is 35.1 Å². The number of aromatic nitrogens is 2. The van der Waals surface area contributed by atoms with Crippen LogP contribution in [0.4, 0.5) is 8.78 Å². The van der Waals surface area contributed by atoms with Gasteiger partial charge in [0.2, 0.25) is 0 Å². The summed E-state index contributed by atoms with van der Waals surface area (Å²) in [5, 5.41) is 10.4. The lowest BCUT2D eigenvalue weighted by molar-refractivity contribution is 0.581. The first-order valence-electron chi connectivity index (χ1n) is 8.58. The molecule has 0 bridgehead atoms. The lowest BCUT2D eigenvalue weighted by Crippen LogP contribution is -2.36. The molecule has 0 aliphatic heterocycles. The van der Waals surface area contributed by atoms with E-state index in [0.717, 1.165) is 23.3 Å². The number of halogens is 3. The quantitative estimate of drug-likeness (QED) is 0.311. The molecule has 0 amide bonds. The molecule has 5 nitrogen and oxygen atoms in total. The third kappa shape index (κ3) is 6.29. The van der Waals surface area contributed by atoms with E-state index < -0.39 is 11.6 Å². The summed E-state index contributed by atoms with van der Waals surface area (Å²) in [6, 6.07) is 13.4. The van der Waals surface area contributed by atoms with Crippen molar-refractivity contribution in [3.05, 3.63) is 89.2 Å². The van der Waals surface area contributed by atoms with Gasteiger partial charge in [-0.3, -0.25) is 9.67 Å². The minimum atomic E-state index is -0.467. The highest BCUT2D eigenvalue weighted by atomic mass is 127. The molecule has 0 aliphatic rings. The summed E-state index contributed by atoms with van der Waals surface area (Å²) in [4.78, 5) is 4.12. The van der Waals surface area contributed by atoms with Gasteiger partial charge < -0.3 is 10.6 Å². The zero-order valence-electron chi connectivity index (χ0n) is 15.4. The van der Waals surface area contributed by atoms with Gasteiger partial charge in [0, 0.05) is 38.1 Å². The lowest BCUT2D eigenvalue weighted by atomic mass is 10.1. The maximum atomic E-state index is 13.7. The molecule has 2 aromatic carbocycles. The predicted molar refractivity (Wildman–Crippen MR) is 117 cm³/mol. The molecule has 2 N–H and O–H groups in total. The Morgan fingerprint density at radius 2 is 1.82 bits per heavy atom.